The van der Waals surface area contributed by atoms with Crippen molar-refractivity contribution in [2.24, 2.45) is 5.73 Å². The van der Waals surface area contributed by atoms with Gasteiger partial charge in [-0.15, -0.1) is 0 Å². The molecule has 0 bridgehead atoms. The highest BCUT2D eigenvalue weighted by molar-refractivity contribution is 9.10. The standard InChI is InChI=1S/C9H9BrN2O6S/c10-5-1-2-7(12(15)16)8(3-5)19(17,18)4-6(11)9(13)14/h1-3,6H,4,11H2,(H,13,14)/t6-/m0/s1. The van der Waals surface area contributed by atoms with Gasteiger partial charge in [-0.1, -0.05) is 15.9 Å². The summed E-state index contributed by atoms with van der Waals surface area (Å²) in [6.07, 6.45) is 0. The summed E-state index contributed by atoms with van der Waals surface area (Å²) in [6, 6.07) is 1.73. The Balaban J connectivity index is 3.31. The molecule has 0 aliphatic carbocycles. The van der Waals surface area contributed by atoms with Crippen LogP contribution in [0.3, 0.4) is 0 Å². The van der Waals surface area contributed by atoms with E-state index in [0.29, 0.717) is 4.47 Å². The molecule has 8 nitrogen and oxygen atoms in total. The van der Waals surface area contributed by atoms with Crippen molar-refractivity contribution in [3.05, 3.63) is 32.8 Å². The van der Waals surface area contributed by atoms with Crippen molar-refractivity contribution in [1.29, 1.82) is 0 Å². The number of hydrogen-bond acceptors (Lipinski definition) is 6. The van der Waals surface area contributed by atoms with Crippen LogP contribution in [0.2, 0.25) is 0 Å². The Morgan fingerprint density at radius 1 is 1.53 bits per heavy atom. The van der Waals surface area contributed by atoms with Crippen LogP contribution >= 0.6 is 15.9 Å². The molecule has 0 amide bonds. The Hall–Kier alpha value is -1.52. The van der Waals surface area contributed by atoms with E-state index < -0.39 is 43.1 Å². The van der Waals surface area contributed by atoms with E-state index >= 15 is 0 Å². The van der Waals surface area contributed by atoms with Crippen molar-refractivity contribution in [2.45, 2.75) is 10.9 Å². The van der Waals surface area contributed by atoms with Crippen LogP contribution in [0.25, 0.3) is 0 Å². The summed E-state index contributed by atoms with van der Waals surface area (Å²) in [7, 11) is -4.18. The summed E-state index contributed by atoms with van der Waals surface area (Å²) < 4.78 is 24.2. The fraction of sp³-hybridized carbons (Fsp3) is 0.222. The van der Waals surface area contributed by atoms with Crippen LogP contribution in [-0.2, 0) is 14.6 Å². The number of nitrogens with two attached hydrogens (primary N) is 1. The van der Waals surface area contributed by atoms with Crippen molar-refractivity contribution in [3.8, 4) is 0 Å². The van der Waals surface area contributed by atoms with Gasteiger partial charge in [0.15, 0.2) is 9.84 Å². The molecule has 0 unspecified atom stereocenters. The molecule has 104 valence electrons. The number of nitrogens with zero attached hydrogens (tertiary/aromatic N) is 1. The lowest BCUT2D eigenvalue weighted by Gasteiger charge is -2.08. The number of carboxylic acid groups (broad SMARTS) is 1. The number of aliphatic carboxylic acids is 1. The lowest BCUT2D eigenvalue weighted by Crippen LogP contribution is -2.37. The van der Waals surface area contributed by atoms with Gasteiger partial charge in [-0.05, 0) is 12.1 Å². The number of hydrogen-bond donors (Lipinski definition) is 2. The van der Waals surface area contributed by atoms with Crippen LogP contribution in [0.4, 0.5) is 5.69 Å². The van der Waals surface area contributed by atoms with Crippen molar-refractivity contribution < 1.29 is 23.2 Å². The van der Waals surface area contributed by atoms with E-state index in [1.54, 1.807) is 0 Å². The Morgan fingerprint density at radius 2 is 2.11 bits per heavy atom. The third kappa shape index (κ3) is 3.72. The molecular formula is C9H9BrN2O6S. The fourth-order valence-electron chi connectivity index (χ4n) is 1.29. The molecule has 0 aliphatic rings. The van der Waals surface area contributed by atoms with Gasteiger partial charge in [0.25, 0.3) is 5.69 Å². The van der Waals surface area contributed by atoms with Gasteiger partial charge in [0, 0.05) is 10.5 Å². The van der Waals surface area contributed by atoms with Crippen molar-refractivity contribution in [2.75, 3.05) is 5.75 Å². The molecule has 3 N–H and O–H groups in total. The molecule has 0 spiro atoms. The van der Waals surface area contributed by atoms with Crippen LogP contribution in [0.1, 0.15) is 0 Å². The van der Waals surface area contributed by atoms with Crippen LogP contribution in [-0.4, -0.2) is 36.2 Å². The number of halogens is 1. The molecule has 19 heavy (non-hydrogen) atoms. The first kappa shape index (κ1) is 15.5. The Bertz CT molecular complexity index is 630. The Labute approximate surface area is 116 Å². The van der Waals surface area contributed by atoms with Crippen molar-refractivity contribution >= 4 is 37.4 Å². The van der Waals surface area contributed by atoms with Gasteiger partial charge in [-0.3, -0.25) is 14.9 Å². The molecule has 1 aromatic carbocycles. The highest BCUT2D eigenvalue weighted by Gasteiger charge is 2.30. The van der Waals surface area contributed by atoms with Crippen molar-refractivity contribution in [3.63, 3.8) is 0 Å². The fourth-order valence-corrected chi connectivity index (χ4v) is 3.36. The predicted molar refractivity (Wildman–Crippen MR) is 68.5 cm³/mol. The Morgan fingerprint density at radius 3 is 2.58 bits per heavy atom. The molecule has 0 saturated heterocycles. The normalized spacial score (nSPS) is 12.9. The topological polar surface area (TPSA) is 141 Å². The largest absolute Gasteiger partial charge is 0.480 e. The van der Waals surface area contributed by atoms with E-state index in [4.69, 9.17) is 10.8 Å². The molecule has 1 atom stereocenters. The van der Waals surface area contributed by atoms with Crippen LogP contribution in [0.15, 0.2) is 27.6 Å². The first-order chi connectivity index (χ1) is 8.65. The number of carbonyl (C=O) groups is 1. The van der Waals surface area contributed by atoms with Crippen molar-refractivity contribution in [1.82, 2.24) is 0 Å². The van der Waals surface area contributed by atoms with Gasteiger partial charge in [-0.2, -0.15) is 0 Å². The third-order valence-electron chi connectivity index (χ3n) is 2.17. The first-order valence-electron chi connectivity index (χ1n) is 4.80. The minimum absolute atomic E-state index is 0.320. The molecule has 0 aliphatic heterocycles. The maximum absolute atomic E-state index is 12.0. The first-order valence-corrected chi connectivity index (χ1v) is 7.25. The summed E-state index contributed by atoms with van der Waals surface area (Å²) in [6.45, 7) is 0. The second-order valence-corrected chi connectivity index (χ2v) is 6.51. The maximum atomic E-state index is 12.0. The molecule has 0 saturated carbocycles. The number of sulfone groups is 1. The minimum atomic E-state index is -4.18. The number of carboxylic acids is 1. The van der Waals surface area contributed by atoms with Gasteiger partial charge >= 0.3 is 5.97 Å². The van der Waals surface area contributed by atoms with E-state index in [0.717, 1.165) is 12.1 Å². The van der Waals surface area contributed by atoms with E-state index in [2.05, 4.69) is 15.9 Å². The maximum Gasteiger partial charge on any atom is 0.321 e. The summed E-state index contributed by atoms with van der Waals surface area (Å²) >= 11 is 3.00. The summed E-state index contributed by atoms with van der Waals surface area (Å²) in [5, 5.41) is 19.4. The summed E-state index contributed by atoms with van der Waals surface area (Å²) in [4.78, 5) is 19.9. The zero-order valence-corrected chi connectivity index (χ0v) is 11.7. The Kier molecular flexibility index (Phi) is 4.61. The smallest absolute Gasteiger partial charge is 0.321 e. The van der Waals surface area contributed by atoms with E-state index in [-0.39, 0.29) is 0 Å². The molecule has 0 fully saturated rings. The minimum Gasteiger partial charge on any atom is -0.480 e. The lowest BCUT2D eigenvalue weighted by molar-refractivity contribution is -0.387. The van der Waals surface area contributed by atoms with Crippen LogP contribution < -0.4 is 5.73 Å². The highest BCUT2D eigenvalue weighted by Crippen LogP contribution is 2.28. The van der Waals surface area contributed by atoms with Gasteiger partial charge in [0.1, 0.15) is 10.9 Å². The van der Waals surface area contributed by atoms with Crippen LogP contribution in [0.5, 0.6) is 0 Å². The molecular weight excluding hydrogens is 344 g/mol. The number of nitro benzene ring substituents is 1. The summed E-state index contributed by atoms with van der Waals surface area (Å²) in [5.74, 6) is -2.42. The van der Waals surface area contributed by atoms with Gasteiger partial charge in [0.2, 0.25) is 0 Å². The zero-order chi connectivity index (χ0) is 14.8. The van der Waals surface area contributed by atoms with Gasteiger partial charge < -0.3 is 10.8 Å². The van der Waals surface area contributed by atoms with E-state index in [9.17, 15) is 23.3 Å². The van der Waals surface area contributed by atoms with E-state index in [1.165, 1.54) is 6.07 Å². The number of rotatable bonds is 5. The number of benzene rings is 1. The SMILES string of the molecule is N[C@@H](CS(=O)(=O)c1cc(Br)ccc1[N+](=O)[O-])C(=O)O. The lowest BCUT2D eigenvalue weighted by atomic mass is 10.3. The predicted octanol–water partition coefficient (Wildman–Crippen LogP) is 0.543. The molecule has 1 rings (SSSR count). The second kappa shape index (κ2) is 5.63. The zero-order valence-electron chi connectivity index (χ0n) is 9.32. The van der Waals surface area contributed by atoms with Gasteiger partial charge in [0.05, 0.1) is 10.7 Å². The molecule has 10 heteroatoms. The molecule has 0 heterocycles. The quantitative estimate of drug-likeness (QED) is 0.581. The average Bonchev–Trinajstić information content (AvgIpc) is 2.27. The third-order valence-corrected chi connectivity index (χ3v) is 4.46. The number of nitro groups is 1. The second-order valence-electron chi connectivity index (χ2n) is 3.60. The van der Waals surface area contributed by atoms with Crippen LogP contribution in [0, 0.1) is 10.1 Å². The van der Waals surface area contributed by atoms with Gasteiger partial charge in [-0.25, -0.2) is 8.42 Å². The molecule has 0 aromatic heterocycles. The molecule has 1 aromatic rings. The highest BCUT2D eigenvalue weighted by atomic mass is 79.9. The van der Waals surface area contributed by atoms with E-state index in [1.807, 2.05) is 0 Å². The average molecular weight is 353 g/mol. The molecule has 0 radical (unpaired) electrons. The monoisotopic (exact) mass is 352 g/mol. The summed E-state index contributed by atoms with van der Waals surface area (Å²) in [5.41, 5.74) is 4.52.